The van der Waals surface area contributed by atoms with Gasteiger partial charge in [-0.15, -0.1) is 0 Å². The summed E-state index contributed by atoms with van der Waals surface area (Å²) in [7, 11) is -3.83. The van der Waals surface area contributed by atoms with Crippen LogP contribution in [0.25, 0.3) is 11.3 Å². The SMILES string of the molecule is Cc1ccc(S(=O)(=O)Nc2cc(-c3ccc(C(C)(C)C)cc3)n(C(C)(C)C)c2C#N)cc1. The minimum atomic E-state index is -3.83. The summed E-state index contributed by atoms with van der Waals surface area (Å²) in [4.78, 5) is 0.159. The third-order valence-electron chi connectivity index (χ3n) is 5.40. The third kappa shape index (κ3) is 4.73. The van der Waals surface area contributed by atoms with Crippen molar-refractivity contribution in [2.75, 3.05) is 4.72 Å². The lowest BCUT2D eigenvalue weighted by Gasteiger charge is -2.26. The van der Waals surface area contributed by atoms with Gasteiger partial charge in [-0.3, -0.25) is 4.72 Å². The van der Waals surface area contributed by atoms with Gasteiger partial charge in [0, 0.05) is 5.54 Å². The van der Waals surface area contributed by atoms with Crippen molar-refractivity contribution >= 4 is 15.7 Å². The summed E-state index contributed by atoms with van der Waals surface area (Å²) in [6.07, 6.45) is 0. The zero-order chi connectivity index (χ0) is 23.9. The topological polar surface area (TPSA) is 74.9 Å². The number of benzene rings is 2. The van der Waals surface area contributed by atoms with Crippen LogP contribution in [0.1, 0.15) is 58.4 Å². The standard InChI is InChI=1S/C26H31N3O2S/c1-18-8-14-21(15-9-18)32(30,31)28-22-16-23(29(24(22)17-27)26(5,6)7)19-10-12-20(13-11-19)25(2,3)4/h8-16,28H,1-7H3. The molecule has 0 saturated carbocycles. The highest BCUT2D eigenvalue weighted by atomic mass is 32.2. The van der Waals surface area contributed by atoms with E-state index in [-0.39, 0.29) is 21.7 Å². The Morgan fingerprint density at radius 1 is 0.906 bits per heavy atom. The molecule has 0 radical (unpaired) electrons. The molecule has 0 aliphatic rings. The summed E-state index contributed by atoms with van der Waals surface area (Å²) in [5.74, 6) is 0. The van der Waals surface area contributed by atoms with Crippen LogP contribution in [0.5, 0.6) is 0 Å². The van der Waals surface area contributed by atoms with Crippen LogP contribution in [0.3, 0.4) is 0 Å². The lowest BCUT2D eigenvalue weighted by Crippen LogP contribution is -2.24. The molecular formula is C26H31N3O2S. The van der Waals surface area contributed by atoms with Crippen molar-refractivity contribution in [1.29, 1.82) is 5.26 Å². The van der Waals surface area contributed by atoms with Crippen LogP contribution in [-0.4, -0.2) is 13.0 Å². The summed E-state index contributed by atoms with van der Waals surface area (Å²) < 4.78 is 30.6. The Morgan fingerprint density at radius 2 is 1.47 bits per heavy atom. The molecule has 0 bridgehead atoms. The van der Waals surface area contributed by atoms with E-state index in [1.807, 2.05) is 44.4 Å². The first-order valence-corrected chi connectivity index (χ1v) is 12.1. The lowest BCUT2D eigenvalue weighted by atomic mass is 9.86. The molecule has 3 aromatic rings. The van der Waals surface area contributed by atoms with Crippen molar-refractivity contribution < 1.29 is 8.42 Å². The van der Waals surface area contributed by atoms with Gasteiger partial charge in [0.2, 0.25) is 0 Å². The monoisotopic (exact) mass is 449 g/mol. The zero-order valence-corrected chi connectivity index (χ0v) is 20.6. The summed E-state index contributed by atoms with van der Waals surface area (Å²) >= 11 is 0. The first-order chi connectivity index (χ1) is 14.7. The van der Waals surface area contributed by atoms with Crippen LogP contribution in [0.2, 0.25) is 0 Å². The second-order valence-corrected chi connectivity index (χ2v) is 11.8. The molecule has 0 fully saturated rings. The van der Waals surface area contributed by atoms with Crippen LogP contribution in [0.4, 0.5) is 5.69 Å². The van der Waals surface area contributed by atoms with Crippen LogP contribution in [0, 0.1) is 18.3 Å². The molecule has 0 aliphatic heterocycles. The van der Waals surface area contributed by atoms with Crippen molar-refractivity contribution in [3.63, 3.8) is 0 Å². The fraction of sp³-hybridized carbons (Fsp3) is 0.346. The molecule has 0 saturated heterocycles. The Labute approximate surface area is 191 Å². The van der Waals surface area contributed by atoms with Crippen molar-refractivity contribution in [2.24, 2.45) is 0 Å². The zero-order valence-electron chi connectivity index (χ0n) is 19.8. The molecule has 168 valence electrons. The van der Waals surface area contributed by atoms with Gasteiger partial charge in [0.15, 0.2) is 0 Å². The van der Waals surface area contributed by atoms with E-state index in [1.165, 1.54) is 5.56 Å². The van der Waals surface area contributed by atoms with E-state index >= 15 is 0 Å². The molecule has 2 aromatic carbocycles. The predicted octanol–water partition coefficient (Wildman–Crippen LogP) is 6.19. The van der Waals surface area contributed by atoms with Crippen molar-refractivity contribution in [2.45, 2.75) is 64.3 Å². The average molecular weight is 450 g/mol. The van der Waals surface area contributed by atoms with Gasteiger partial charge < -0.3 is 4.57 Å². The maximum atomic E-state index is 13.0. The number of aryl methyl sites for hydroxylation is 1. The highest BCUT2D eigenvalue weighted by Crippen LogP contribution is 2.36. The van der Waals surface area contributed by atoms with E-state index in [0.29, 0.717) is 0 Å². The molecule has 0 aliphatic carbocycles. The maximum absolute atomic E-state index is 13.0. The van der Waals surface area contributed by atoms with E-state index < -0.39 is 15.6 Å². The number of nitrogens with zero attached hydrogens (tertiary/aromatic N) is 2. The molecule has 0 unspecified atom stereocenters. The van der Waals surface area contributed by atoms with Gasteiger partial charge in [0.25, 0.3) is 10.0 Å². The van der Waals surface area contributed by atoms with E-state index in [9.17, 15) is 13.7 Å². The fourth-order valence-corrected chi connectivity index (χ4v) is 4.73. The average Bonchev–Trinajstić information content (AvgIpc) is 3.05. The third-order valence-corrected chi connectivity index (χ3v) is 6.78. The maximum Gasteiger partial charge on any atom is 0.261 e. The first kappa shape index (κ1) is 23.6. The number of nitrogens with one attached hydrogen (secondary N) is 1. The molecule has 1 N–H and O–H groups in total. The second kappa shape index (κ2) is 8.14. The van der Waals surface area contributed by atoms with E-state index in [0.717, 1.165) is 16.8 Å². The Balaban J connectivity index is 2.14. The Morgan fingerprint density at radius 3 is 1.94 bits per heavy atom. The molecule has 0 spiro atoms. The first-order valence-electron chi connectivity index (χ1n) is 10.6. The molecule has 0 amide bonds. The van der Waals surface area contributed by atoms with Gasteiger partial charge in [-0.25, -0.2) is 8.42 Å². The van der Waals surface area contributed by atoms with E-state index in [2.05, 4.69) is 43.7 Å². The molecule has 32 heavy (non-hydrogen) atoms. The molecule has 5 nitrogen and oxygen atoms in total. The van der Waals surface area contributed by atoms with Gasteiger partial charge >= 0.3 is 0 Å². The van der Waals surface area contributed by atoms with Gasteiger partial charge in [0.05, 0.1) is 16.3 Å². The number of aromatic nitrogens is 1. The minimum absolute atomic E-state index is 0.0250. The van der Waals surface area contributed by atoms with Crippen LogP contribution < -0.4 is 4.72 Å². The van der Waals surface area contributed by atoms with Crippen molar-refractivity contribution in [3.8, 4) is 17.3 Å². The Hall–Kier alpha value is -3.04. The van der Waals surface area contributed by atoms with E-state index in [1.54, 1.807) is 30.3 Å². The molecular weight excluding hydrogens is 418 g/mol. The molecule has 6 heteroatoms. The highest BCUT2D eigenvalue weighted by molar-refractivity contribution is 7.92. The molecule has 1 aromatic heterocycles. The van der Waals surface area contributed by atoms with Crippen molar-refractivity contribution in [1.82, 2.24) is 4.57 Å². The van der Waals surface area contributed by atoms with Crippen LogP contribution in [0.15, 0.2) is 59.5 Å². The molecule has 3 rings (SSSR count). The van der Waals surface area contributed by atoms with Crippen LogP contribution >= 0.6 is 0 Å². The number of rotatable bonds is 4. The quantitative estimate of drug-likeness (QED) is 0.516. The second-order valence-electron chi connectivity index (χ2n) is 10.2. The summed E-state index contributed by atoms with van der Waals surface area (Å²) in [5.41, 5.74) is 4.04. The van der Waals surface area contributed by atoms with Gasteiger partial charge in [0.1, 0.15) is 11.8 Å². The highest BCUT2D eigenvalue weighted by Gasteiger charge is 2.27. The minimum Gasteiger partial charge on any atom is -0.325 e. The summed E-state index contributed by atoms with van der Waals surface area (Å²) in [6.45, 7) is 14.4. The number of anilines is 1. The van der Waals surface area contributed by atoms with Gasteiger partial charge in [-0.05, 0) is 62.4 Å². The lowest BCUT2D eigenvalue weighted by molar-refractivity contribution is 0.400. The van der Waals surface area contributed by atoms with Gasteiger partial charge in [-0.1, -0.05) is 62.7 Å². The number of hydrogen-bond donors (Lipinski definition) is 1. The normalized spacial score (nSPS) is 12.4. The number of sulfonamides is 1. The molecule has 0 atom stereocenters. The Bertz CT molecular complexity index is 1260. The summed E-state index contributed by atoms with van der Waals surface area (Å²) in [6, 6.07) is 18.8. The van der Waals surface area contributed by atoms with Gasteiger partial charge in [-0.2, -0.15) is 5.26 Å². The summed E-state index contributed by atoms with van der Waals surface area (Å²) in [5, 5.41) is 9.97. The molecule has 1 heterocycles. The predicted molar refractivity (Wildman–Crippen MR) is 130 cm³/mol. The number of hydrogen-bond acceptors (Lipinski definition) is 3. The number of nitriles is 1. The largest absolute Gasteiger partial charge is 0.325 e. The van der Waals surface area contributed by atoms with Crippen LogP contribution in [-0.2, 0) is 21.0 Å². The van der Waals surface area contributed by atoms with Crippen molar-refractivity contribution in [3.05, 3.63) is 71.4 Å². The fourth-order valence-electron chi connectivity index (χ4n) is 3.67. The van der Waals surface area contributed by atoms with E-state index in [4.69, 9.17) is 0 Å². The smallest absolute Gasteiger partial charge is 0.261 e. The Kier molecular flexibility index (Phi) is 6.01.